The Kier molecular flexibility index (Phi) is 5.90. The number of aromatic nitrogens is 2. The van der Waals surface area contributed by atoms with Gasteiger partial charge in [-0.05, 0) is 18.1 Å². The van der Waals surface area contributed by atoms with Crippen LogP contribution in [0.15, 0.2) is 36.7 Å². The summed E-state index contributed by atoms with van der Waals surface area (Å²) in [6.07, 6.45) is 3.77. The Morgan fingerprint density at radius 1 is 1.46 bits per heavy atom. The number of morpholine rings is 1. The van der Waals surface area contributed by atoms with E-state index < -0.39 is 12.1 Å². The van der Waals surface area contributed by atoms with E-state index in [2.05, 4.69) is 22.7 Å². The van der Waals surface area contributed by atoms with E-state index >= 15 is 0 Å². The zero-order valence-electron chi connectivity index (χ0n) is 14.4. The third kappa shape index (κ3) is 4.23. The van der Waals surface area contributed by atoms with Gasteiger partial charge in [-0.1, -0.05) is 36.7 Å². The molecule has 8 heteroatoms. The van der Waals surface area contributed by atoms with Crippen molar-refractivity contribution in [2.24, 2.45) is 0 Å². The molecule has 7 nitrogen and oxygen atoms in total. The van der Waals surface area contributed by atoms with Gasteiger partial charge in [0.1, 0.15) is 6.61 Å². The molecular weight excluding hydrogens is 356 g/mol. The van der Waals surface area contributed by atoms with Crippen molar-refractivity contribution in [1.82, 2.24) is 20.4 Å². The number of benzene rings is 1. The largest absolute Gasteiger partial charge is 0.356 e. The Morgan fingerprint density at radius 3 is 3.04 bits per heavy atom. The maximum Gasteiger partial charge on any atom is 0.251 e. The zero-order valence-corrected chi connectivity index (χ0v) is 15.2. The average molecular weight is 377 g/mol. The lowest BCUT2D eigenvalue weighted by Gasteiger charge is -2.32. The number of nitrogens with one attached hydrogen (secondary N) is 2. The summed E-state index contributed by atoms with van der Waals surface area (Å²) in [5.74, 6) is -0.585. The number of aryl methyl sites for hydroxylation is 1. The van der Waals surface area contributed by atoms with Gasteiger partial charge >= 0.3 is 0 Å². The van der Waals surface area contributed by atoms with Gasteiger partial charge in [-0.25, -0.2) is 0 Å². The Bertz CT molecular complexity index is 792. The molecular formula is C18H21ClN4O3. The molecule has 138 valence electrons. The number of amides is 2. The Labute approximate surface area is 156 Å². The van der Waals surface area contributed by atoms with Crippen LogP contribution in [0.25, 0.3) is 0 Å². The molecule has 2 atom stereocenters. The maximum atomic E-state index is 12.6. The minimum absolute atomic E-state index is 0.159. The maximum absolute atomic E-state index is 12.6. The molecule has 0 spiro atoms. The third-order valence-corrected chi connectivity index (χ3v) is 4.46. The average Bonchev–Trinajstić information content (AvgIpc) is 3.08. The number of nitrogens with zero attached hydrogens (tertiary/aromatic N) is 2. The minimum atomic E-state index is -0.849. The molecule has 2 heterocycles. The quantitative estimate of drug-likeness (QED) is 0.805. The molecule has 0 bridgehead atoms. The van der Waals surface area contributed by atoms with Gasteiger partial charge in [0.15, 0.2) is 6.10 Å². The first-order valence-corrected chi connectivity index (χ1v) is 8.90. The SMILES string of the molecule is CCCn1cc(CNC(=O)[C@H]2OCC(=O)N[C@@H]2c2ccccc2Cl)cn1. The van der Waals surface area contributed by atoms with Crippen molar-refractivity contribution in [2.45, 2.75) is 38.6 Å². The van der Waals surface area contributed by atoms with E-state index in [4.69, 9.17) is 16.3 Å². The molecule has 26 heavy (non-hydrogen) atoms. The normalized spacial score (nSPS) is 19.8. The highest BCUT2D eigenvalue weighted by Crippen LogP contribution is 2.28. The van der Waals surface area contributed by atoms with E-state index in [0.29, 0.717) is 17.1 Å². The van der Waals surface area contributed by atoms with Crippen molar-refractivity contribution < 1.29 is 14.3 Å². The van der Waals surface area contributed by atoms with Crippen LogP contribution >= 0.6 is 11.6 Å². The lowest BCUT2D eigenvalue weighted by molar-refractivity contribution is -0.148. The molecule has 1 fully saturated rings. The summed E-state index contributed by atoms with van der Waals surface area (Å²) < 4.78 is 7.34. The van der Waals surface area contributed by atoms with Crippen LogP contribution in [0, 0.1) is 0 Å². The van der Waals surface area contributed by atoms with E-state index in [9.17, 15) is 9.59 Å². The number of hydrogen-bond donors (Lipinski definition) is 2. The summed E-state index contributed by atoms with van der Waals surface area (Å²) in [7, 11) is 0. The highest BCUT2D eigenvalue weighted by atomic mass is 35.5. The number of halogens is 1. The monoisotopic (exact) mass is 376 g/mol. The Balaban J connectivity index is 1.69. The summed E-state index contributed by atoms with van der Waals surface area (Å²) in [4.78, 5) is 24.4. The summed E-state index contributed by atoms with van der Waals surface area (Å²) >= 11 is 6.23. The van der Waals surface area contributed by atoms with Gasteiger partial charge in [-0.2, -0.15) is 5.10 Å². The standard InChI is InChI=1S/C18H21ClN4O3/c1-2-7-23-10-12(9-21-23)8-20-18(25)17-16(22-15(24)11-26-17)13-5-3-4-6-14(13)19/h3-6,9-10,16-17H,2,7-8,11H2,1H3,(H,20,25)(H,22,24)/t16-,17+/m1/s1. The first-order chi connectivity index (χ1) is 12.6. The molecule has 0 aliphatic carbocycles. The van der Waals surface area contributed by atoms with Gasteiger partial charge < -0.3 is 15.4 Å². The van der Waals surface area contributed by atoms with Crippen molar-refractivity contribution in [1.29, 1.82) is 0 Å². The smallest absolute Gasteiger partial charge is 0.251 e. The Hall–Kier alpha value is -2.38. The van der Waals surface area contributed by atoms with Gasteiger partial charge in [-0.15, -0.1) is 0 Å². The van der Waals surface area contributed by atoms with Gasteiger partial charge in [-0.3, -0.25) is 14.3 Å². The second-order valence-electron chi connectivity index (χ2n) is 6.13. The molecule has 2 amide bonds. The topological polar surface area (TPSA) is 85.2 Å². The van der Waals surface area contributed by atoms with E-state index in [0.717, 1.165) is 18.5 Å². The lowest BCUT2D eigenvalue weighted by atomic mass is 9.99. The Morgan fingerprint density at radius 2 is 2.27 bits per heavy atom. The number of carbonyl (C=O) groups is 2. The molecule has 0 saturated carbocycles. The highest BCUT2D eigenvalue weighted by molar-refractivity contribution is 6.31. The second kappa shape index (κ2) is 8.33. The molecule has 3 rings (SSSR count). The highest BCUT2D eigenvalue weighted by Gasteiger charge is 2.36. The van der Waals surface area contributed by atoms with E-state index in [1.54, 1.807) is 30.5 Å². The molecule has 2 N–H and O–H groups in total. The number of ether oxygens (including phenoxy) is 1. The van der Waals surface area contributed by atoms with Crippen molar-refractivity contribution >= 4 is 23.4 Å². The van der Waals surface area contributed by atoms with Gasteiger partial charge in [0.2, 0.25) is 5.91 Å². The molecule has 0 unspecified atom stereocenters. The molecule has 1 saturated heterocycles. The lowest BCUT2D eigenvalue weighted by Crippen LogP contribution is -2.52. The van der Waals surface area contributed by atoms with Crippen molar-refractivity contribution in [2.75, 3.05) is 6.61 Å². The van der Waals surface area contributed by atoms with Crippen molar-refractivity contribution in [3.63, 3.8) is 0 Å². The molecule has 1 aromatic carbocycles. The number of rotatable bonds is 6. The zero-order chi connectivity index (χ0) is 18.5. The van der Waals surface area contributed by atoms with E-state index in [-0.39, 0.29) is 18.4 Å². The first-order valence-electron chi connectivity index (χ1n) is 8.53. The summed E-state index contributed by atoms with van der Waals surface area (Å²) in [6.45, 7) is 3.09. The minimum Gasteiger partial charge on any atom is -0.356 e. The number of hydrogen-bond acceptors (Lipinski definition) is 4. The van der Waals surface area contributed by atoms with Gasteiger partial charge in [0.25, 0.3) is 5.91 Å². The summed E-state index contributed by atoms with van der Waals surface area (Å²) in [6, 6.07) is 6.46. The van der Waals surface area contributed by atoms with Crippen LogP contribution in [-0.4, -0.2) is 34.3 Å². The molecule has 1 aromatic heterocycles. The van der Waals surface area contributed by atoms with Crippen LogP contribution in [0.4, 0.5) is 0 Å². The van der Waals surface area contributed by atoms with Crippen molar-refractivity contribution in [3.05, 3.63) is 52.8 Å². The summed E-state index contributed by atoms with van der Waals surface area (Å²) in [5.41, 5.74) is 1.55. The fourth-order valence-corrected chi connectivity index (χ4v) is 3.14. The van der Waals surface area contributed by atoms with Crippen LogP contribution in [-0.2, 0) is 27.4 Å². The van der Waals surface area contributed by atoms with E-state index in [1.807, 2.05) is 10.9 Å². The molecule has 1 aliphatic rings. The van der Waals surface area contributed by atoms with Crippen LogP contribution in [0.5, 0.6) is 0 Å². The predicted molar refractivity (Wildman–Crippen MR) is 96.4 cm³/mol. The fraction of sp³-hybridized carbons (Fsp3) is 0.389. The first kappa shape index (κ1) is 18.4. The fourth-order valence-electron chi connectivity index (χ4n) is 2.89. The third-order valence-electron chi connectivity index (χ3n) is 4.12. The summed E-state index contributed by atoms with van der Waals surface area (Å²) in [5, 5.41) is 10.4. The van der Waals surface area contributed by atoms with Crippen LogP contribution in [0.2, 0.25) is 5.02 Å². The molecule has 1 aliphatic heterocycles. The number of carbonyl (C=O) groups excluding carboxylic acids is 2. The van der Waals surface area contributed by atoms with Gasteiger partial charge in [0, 0.05) is 29.9 Å². The van der Waals surface area contributed by atoms with Crippen molar-refractivity contribution in [3.8, 4) is 0 Å². The van der Waals surface area contributed by atoms with Gasteiger partial charge in [0.05, 0.1) is 12.2 Å². The molecule has 2 aromatic rings. The van der Waals surface area contributed by atoms with Crippen LogP contribution in [0.1, 0.15) is 30.5 Å². The van der Waals surface area contributed by atoms with Crippen LogP contribution in [0.3, 0.4) is 0 Å². The predicted octanol–water partition coefficient (Wildman–Crippen LogP) is 1.82. The van der Waals surface area contributed by atoms with E-state index in [1.165, 1.54) is 0 Å². The second-order valence-corrected chi connectivity index (χ2v) is 6.53. The molecule has 0 radical (unpaired) electrons. The van der Waals surface area contributed by atoms with Crippen LogP contribution < -0.4 is 10.6 Å².